The minimum Gasteiger partial charge on any atom is -0.508 e. The Morgan fingerprint density at radius 1 is 1.03 bits per heavy atom. The van der Waals surface area contributed by atoms with Crippen LogP contribution in [0.25, 0.3) is 6.08 Å². The molecule has 156 valence electrons. The average Bonchev–Trinajstić information content (AvgIpc) is 2.74. The Hall–Kier alpha value is -3.17. The SMILES string of the molecule is N#C/C(=C\c1cc(Cl)c(OCc2ccc(Cl)cc2)c(Cl)c1)C(=O)Nc1ccc(O)cc1. The van der Waals surface area contributed by atoms with Crippen LogP contribution in [0.1, 0.15) is 11.1 Å². The van der Waals surface area contributed by atoms with Crippen molar-refractivity contribution >= 4 is 52.5 Å². The lowest BCUT2D eigenvalue weighted by molar-refractivity contribution is -0.112. The number of nitrogens with zero attached hydrogens (tertiary/aromatic N) is 1. The molecule has 5 nitrogen and oxygen atoms in total. The van der Waals surface area contributed by atoms with Crippen LogP contribution in [-0.2, 0) is 11.4 Å². The molecule has 3 aromatic carbocycles. The largest absolute Gasteiger partial charge is 0.508 e. The fraction of sp³-hybridized carbons (Fsp3) is 0.0435. The molecule has 0 unspecified atom stereocenters. The molecule has 0 aliphatic heterocycles. The molecule has 0 heterocycles. The molecular weight excluding hydrogens is 459 g/mol. The first-order valence-electron chi connectivity index (χ1n) is 8.94. The molecule has 2 N–H and O–H groups in total. The summed E-state index contributed by atoms with van der Waals surface area (Å²) in [6, 6.07) is 18.0. The molecule has 0 saturated carbocycles. The highest BCUT2D eigenvalue weighted by atomic mass is 35.5. The molecule has 3 aromatic rings. The molecule has 0 fully saturated rings. The molecule has 0 saturated heterocycles. The zero-order valence-corrected chi connectivity index (χ0v) is 18.2. The minimum atomic E-state index is -0.608. The van der Waals surface area contributed by atoms with Crippen molar-refractivity contribution in [1.82, 2.24) is 0 Å². The summed E-state index contributed by atoms with van der Waals surface area (Å²) in [5.74, 6) is -0.248. The third kappa shape index (κ3) is 6.16. The van der Waals surface area contributed by atoms with Crippen molar-refractivity contribution < 1.29 is 14.6 Å². The smallest absolute Gasteiger partial charge is 0.266 e. The van der Waals surface area contributed by atoms with Gasteiger partial charge >= 0.3 is 0 Å². The number of hydrogen-bond donors (Lipinski definition) is 2. The van der Waals surface area contributed by atoms with Gasteiger partial charge in [0.15, 0.2) is 5.75 Å². The Morgan fingerprint density at radius 2 is 1.65 bits per heavy atom. The summed E-state index contributed by atoms with van der Waals surface area (Å²) < 4.78 is 5.72. The summed E-state index contributed by atoms with van der Waals surface area (Å²) in [5.41, 5.74) is 1.64. The Labute approximate surface area is 194 Å². The summed E-state index contributed by atoms with van der Waals surface area (Å²) in [6.45, 7) is 0.240. The van der Waals surface area contributed by atoms with Crippen LogP contribution in [0.15, 0.2) is 66.2 Å². The number of nitrogens with one attached hydrogen (secondary N) is 1. The second-order valence-corrected chi connectivity index (χ2v) is 7.65. The fourth-order valence-electron chi connectivity index (χ4n) is 2.60. The predicted octanol–water partition coefficient (Wildman–Crippen LogP) is 6.48. The highest BCUT2D eigenvalue weighted by Crippen LogP contribution is 2.35. The number of aromatic hydroxyl groups is 1. The van der Waals surface area contributed by atoms with Crippen molar-refractivity contribution in [3.05, 3.63) is 92.4 Å². The number of phenolic OH excluding ortho intramolecular Hbond substituents is 1. The van der Waals surface area contributed by atoms with Gasteiger partial charge in [-0.2, -0.15) is 5.26 Å². The van der Waals surface area contributed by atoms with Crippen LogP contribution < -0.4 is 10.1 Å². The number of anilines is 1. The molecule has 1 amide bonds. The summed E-state index contributed by atoms with van der Waals surface area (Å²) in [7, 11) is 0. The van der Waals surface area contributed by atoms with Crippen molar-refractivity contribution in [2.75, 3.05) is 5.32 Å². The lowest BCUT2D eigenvalue weighted by Gasteiger charge is -2.11. The van der Waals surface area contributed by atoms with Gasteiger partial charge in [-0.3, -0.25) is 4.79 Å². The summed E-state index contributed by atoms with van der Waals surface area (Å²) in [6.07, 6.45) is 1.37. The van der Waals surface area contributed by atoms with E-state index in [0.717, 1.165) is 5.56 Å². The fourth-order valence-corrected chi connectivity index (χ4v) is 3.33. The maximum Gasteiger partial charge on any atom is 0.266 e. The molecule has 31 heavy (non-hydrogen) atoms. The van der Waals surface area contributed by atoms with Crippen molar-refractivity contribution in [3.63, 3.8) is 0 Å². The number of carbonyl (C=O) groups is 1. The van der Waals surface area contributed by atoms with Gasteiger partial charge in [0.05, 0.1) is 10.0 Å². The van der Waals surface area contributed by atoms with Gasteiger partial charge in [-0.1, -0.05) is 46.9 Å². The standard InChI is InChI=1S/C23H15Cl3N2O3/c24-17-3-1-14(2-4-17)13-31-22-20(25)10-15(11-21(22)26)9-16(12-27)23(30)28-18-5-7-19(29)8-6-18/h1-11,29H,13H2,(H,28,30)/b16-9+. The van der Waals surface area contributed by atoms with E-state index in [1.165, 1.54) is 30.3 Å². The zero-order valence-electron chi connectivity index (χ0n) is 15.9. The average molecular weight is 474 g/mol. The van der Waals surface area contributed by atoms with E-state index in [0.29, 0.717) is 22.0 Å². The van der Waals surface area contributed by atoms with E-state index in [-0.39, 0.29) is 28.0 Å². The van der Waals surface area contributed by atoms with Crippen molar-refractivity contribution in [1.29, 1.82) is 5.26 Å². The van der Waals surface area contributed by atoms with Gasteiger partial charge in [0.2, 0.25) is 0 Å². The van der Waals surface area contributed by atoms with Gasteiger partial charge in [0.25, 0.3) is 5.91 Å². The molecule has 0 aromatic heterocycles. The van der Waals surface area contributed by atoms with E-state index in [1.54, 1.807) is 24.3 Å². The monoisotopic (exact) mass is 472 g/mol. The lowest BCUT2D eigenvalue weighted by atomic mass is 10.1. The maximum absolute atomic E-state index is 12.4. The first kappa shape index (κ1) is 22.5. The van der Waals surface area contributed by atoms with Gasteiger partial charge < -0.3 is 15.2 Å². The zero-order chi connectivity index (χ0) is 22.4. The Bertz CT molecular complexity index is 1150. The first-order chi connectivity index (χ1) is 14.9. The van der Waals surface area contributed by atoms with E-state index in [4.69, 9.17) is 39.5 Å². The van der Waals surface area contributed by atoms with Gasteiger partial charge in [-0.25, -0.2) is 0 Å². The number of nitriles is 1. The molecule has 8 heteroatoms. The van der Waals surface area contributed by atoms with Crippen molar-refractivity contribution in [2.45, 2.75) is 6.61 Å². The first-order valence-corrected chi connectivity index (χ1v) is 10.1. The summed E-state index contributed by atoms with van der Waals surface area (Å²) >= 11 is 18.5. The Kier molecular flexibility index (Phi) is 7.43. The predicted molar refractivity (Wildman–Crippen MR) is 123 cm³/mol. The van der Waals surface area contributed by atoms with Gasteiger partial charge in [0.1, 0.15) is 24.0 Å². The molecule has 0 radical (unpaired) electrons. The van der Waals surface area contributed by atoms with Crippen LogP contribution in [-0.4, -0.2) is 11.0 Å². The Balaban J connectivity index is 1.76. The highest BCUT2D eigenvalue weighted by Gasteiger charge is 2.13. The highest BCUT2D eigenvalue weighted by molar-refractivity contribution is 6.37. The van der Waals surface area contributed by atoms with Gasteiger partial charge in [-0.15, -0.1) is 0 Å². The topological polar surface area (TPSA) is 82.3 Å². The van der Waals surface area contributed by atoms with Crippen LogP contribution in [0.5, 0.6) is 11.5 Å². The normalized spacial score (nSPS) is 11.0. The number of ether oxygens (including phenoxy) is 1. The van der Waals surface area contributed by atoms with Crippen LogP contribution >= 0.6 is 34.8 Å². The summed E-state index contributed by atoms with van der Waals surface area (Å²) in [4.78, 5) is 12.4. The second kappa shape index (κ2) is 10.2. The number of hydrogen-bond acceptors (Lipinski definition) is 4. The number of amides is 1. The Morgan fingerprint density at radius 3 is 2.23 bits per heavy atom. The number of benzene rings is 3. The lowest BCUT2D eigenvalue weighted by Crippen LogP contribution is -2.13. The van der Waals surface area contributed by atoms with E-state index in [9.17, 15) is 15.2 Å². The number of halogens is 3. The van der Waals surface area contributed by atoms with Crippen molar-refractivity contribution in [3.8, 4) is 17.6 Å². The molecule has 0 bridgehead atoms. The quantitative estimate of drug-likeness (QED) is 0.244. The van der Waals surface area contributed by atoms with E-state index in [1.807, 2.05) is 18.2 Å². The van der Waals surface area contributed by atoms with Crippen LogP contribution in [0.4, 0.5) is 5.69 Å². The number of rotatable bonds is 6. The summed E-state index contributed by atoms with van der Waals surface area (Å²) in [5, 5.41) is 22.4. The van der Waals surface area contributed by atoms with Crippen LogP contribution in [0.2, 0.25) is 15.1 Å². The van der Waals surface area contributed by atoms with E-state index >= 15 is 0 Å². The third-order valence-electron chi connectivity index (χ3n) is 4.12. The molecular formula is C23H15Cl3N2O3. The second-order valence-electron chi connectivity index (χ2n) is 6.40. The molecule has 0 spiro atoms. The van der Waals surface area contributed by atoms with Gasteiger partial charge in [-0.05, 0) is 65.7 Å². The van der Waals surface area contributed by atoms with E-state index in [2.05, 4.69) is 5.32 Å². The van der Waals surface area contributed by atoms with Gasteiger partial charge in [0, 0.05) is 10.7 Å². The van der Waals surface area contributed by atoms with Crippen LogP contribution in [0, 0.1) is 11.3 Å². The minimum absolute atomic E-state index is 0.0664. The molecule has 3 rings (SSSR count). The molecule has 0 aliphatic rings. The molecule has 0 atom stereocenters. The number of phenols is 1. The molecule has 0 aliphatic carbocycles. The van der Waals surface area contributed by atoms with Crippen molar-refractivity contribution in [2.24, 2.45) is 0 Å². The number of carbonyl (C=O) groups excluding carboxylic acids is 1. The third-order valence-corrected chi connectivity index (χ3v) is 4.93. The maximum atomic E-state index is 12.4. The van der Waals surface area contributed by atoms with E-state index < -0.39 is 5.91 Å². The van der Waals surface area contributed by atoms with Crippen LogP contribution in [0.3, 0.4) is 0 Å².